The highest BCUT2D eigenvalue weighted by Crippen LogP contribution is 2.45. The fraction of sp³-hybridized carbons (Fsp3) is 0.353. The van der Waals surface area contributed by atoms with E-state index in [1.54, 1.807) is 16.8 Å². The number of amides is 3. The maximum Gasteiger partial charge on any atom is 0.330 e. The summed E-state index contributed by atoms with van der Waals surface area (Å²) in [5, 5.41) is 21.0. The second-order valence-corrected chi connectivity index (χ2v) is 14.6. The van der Waals surface area contributed by atoms with Crippen molar-refractivity contribution >= 4 is 57.4 Å². The smallest absolute Gasteiger partial charge is 0.330 e. The van der Waals surface area contributed by atoms with Crippen molar-refractivity contribution in [3.05, 3.63) is 76.8 Å². The molecule has 1 aliphatic carbocycles. The van der Waals surface area contributed by atoms with Crippen LogP contribution >= 0.6 is 22.7 Å². The Morgan fingerprint density at radius 2 is 1.85 bits per heavy atom. The van der Waals surface area contributed by atoms with E-state index in [9.17, 15) is 24.3 Å². The van der Waals surface area contributed by atoms with Gasteiger partial charge < -0.3 is 25.4 Å². The molecule has 5 atom stereocenters. The second kappa shape index (κ2) is 12.5. The predicted molar refractivity (Wildman–Crippen MR) is 179 cm³/mol. The Bertz CT molecular complexity index is 1840. The quantitative estimate of drug-likeness (QED) is 0.204. The van der Waals surface area contributed by atoms with E-state index in [0.717, 1.165) is 4.88 Å². The number of likely N-dealkylation sites (tertiary alicyclic amines) is 1. The zero-order valence-corrected chi connectivity index (χ0v) is 27.8. The third kappa shape index (κ3) is 6.37. The Morgan fingerprint density at radius 1 is 1.11 bits per heavy atom. The van der Waals surface area contributed by atoms with E-state index < -0.39 is 58.8 Å². The number of para-hydroxylation sites is 2. The van der Waals surface area contributed by atoms with E-state index in [2.05, 4.69) is 17.2 Å². The molecule has 2 aliphatic rings. The average Bonchev–Trinajstić information content (AvgIpc) is 3.54. The predicted octanol–water partition coefficient (Wildman–Crippen LogP) is 4.76. The molecule has 0 bridgehead atoms. The lowest BCUT2D eigenvalue weighted by Gasteiger charge is -2.35. The summed E-state index contributed by atoms with van der Waals surface area (Å²) < 4.78 is 6.48. The van der Waals surface area contributed by atoms with Gasteiger partial charge in [-0.1, -0.05) is 45.0 Å². The van der Waals surface area contributed by atoms with Gasteiger partial charge in [-0.05, 0) is 46.9 Å². The van der Waals surface area contributed by atoms with Gasteiger partial charge in [0, 0.05) is 17.7 Å². The molecule has 0 radical (unpaired) electrons. The molecule has 1 saturated heterocycles. The molecule has 11 nitrogen and oxygen atoms in total. The molecule has 47 heavy (non-hydrogen) atoms. The summed E-state index contributed by atoms with van der Waals surface area (Å²) in [6.45, 7) is 9.20. The lowest BCUT2D eigenvalue weighted by molar-refractivity contribution is -0.146. The summed E-state index contributed by atoms with van der Waals surface area (Å²) in [4.78, 5) is 65.5. The molecule has 2 fully saturated rings. The number of carbonyl (C=O) groups excluding carboxylic acids is 3. The largest absolute Gasteiger partial charge is 0.479 e. The van der Waals surface area contributed by atoms with E-state index in [0.29, 0.717) is 22.3 Å². The van der Waals surface area contributed by atoms with Crippen molar-refractivity contribution in [1.29, 1.82) is 0 Å². The summed E-state index contributed by atoms with van der Waals surface area (Å²) in [5.41, 5.74) is 0.0670. The number of fused-ring (bicyclic) bond motifs is 1. The van der Waals surface area contributed by atoms with Gasteiger partial charge >= 0.3 is 5.97 Å². The Hall–Kier alpha value is -4.62. The minimum absolute atomic E-state index is 0.00116. The number of benzene rings is 1. The van der Waals surface area contributed by atoms with Crippen LogP contribution in [0.2, 0.25) is 0 Å². The first-order valence-electron chi connectivity index (χ1n) is 15.2. The van der Waals surface area contributed by atoms with Crippen LogP contribution in [0.25, 0.3) is 21.6 Å². The maximum atomic E-state index is 14.4. The second-order valence-electron chi connectivity index (χ2n) is 12.9. The molecule has 1 saturated carbocycles. The van der Waals surface area contributed by atoms with Crippen LogP contribution in [0, 0.1) is 11.3 Å². The minimum atomic E-state index is -1.49. The van der Waals surface area contributed by atoms with Crippen LogP contribution in [0.5, 0.6) is 5.88 Å². The van der Waals surface area contributed by atoms with Crippen molar-refractivity contribution < 1.29 is 29.0 Å². The van der Waals surface area contributed by atoms with Gasteiger partial charge in [0.05, 0.1) is 28.0 Å². The van der Waals surface area contributed by atoms with Gasteiger partial charge in [-0.25, -0.2) is 14.8 Å². The van der Waals surface area contributed by atoms with Crippen molar-refractivity contribution in [3.63, 3.8) is 0 Å². The standard InChI is InChI=1S/C34H35N5O6S2/c1-5-20-16-34(20,32(43)44)38-29(41)24-15-21(17-39(24)31(42)27(33(2,3)4)37-28(40)19-12-14-46-18-19)45-30-26(25-11-8-13-47-25)35-22-9-6-7-10-23(22)36-30/h5-14,18,20-21,24,27H,1,15-17H2,2-4H3,(H,37,40)(H,38,41)(H,43,44)/t20-,21-,24+,27-,34?/m1/s1. The number of nitrogens with one attached hydrogen (secondary N) is 2. The van der Waals surface area contributed by atoms with E-state index in [1.807, 2.05) is 62.5 Å². The van der Waals surface area contributed by atoms with Crippen LogP contribution in [0.15, 0.2) is 71.3 Å². The van der Waals surface area contributed by atoms with Gasteiger partial charge in [0.25, 0.3) is 5.91 Å². The molecule has 13 heteroatoms. The lowest BCUT2D eigenvalue weighted by Crippen LogP contribution is -2.59. The Labute approximate surface area is 279 Å². The van der Waals surface area contributed by atoms with E-state index in [1.165, 1.54) is 33.6 Å². The molecule has 244 valence electrons. The first kappa shape index (κ1) is 32.3. The fourth-order valence-electron chi connectivity index (χ4n) is 5.91. The topological polar surface area (TPSA) is 151 Å². The molecule has 1 aromatic carbocycles. The van der Waals surface area contributed by atoms with Crippen LogP contribution in [0.4, 0.5) is 0 Å². The molecule has 1 unspecified atom stereocenters. The number of carboxylic acids is 1. The molecule has 0 spiro atoms. The van der Waals surface area contributed by atoms with Gasteiger partial charge in [-0.2, -0.15) is 11.3 Å². The number of thiophene rings is 2. The SMILES string of the molecule is C=C[C@@H]1CC1(NC(=O)[C@@H]1C[C@@H](Oc2nc3ccccc3nc2-c2cccs2)CN1C(=O)[C@@H](NC(=O)c1ccsc1)C(C)(C)C)C(=O)O. The molecule has 3 amide bonds. The van der Waals surface area contributed by atoms with Crippen LogP contribution < -0.4 is 15.4 Å². The molecule has 1 aliphatic heterocycles. The van der Waals surface area contributed by atoms with Crippen molar-refractivity contribution in [1.82, 2.24) is 25.5 Å². The summed E-state index contributed by atoms with van der Waals surface area (Å²) in [5.74, 6) is -2.83. The van der Waals surface area contributed by atoms with Gasteiger partial charge in [0.15, 0.2) is 0 Å². The third-order valence-electron chi connectivity index (χ3n) is 8.62. The number of nitrogens with zero attached hydrogens (tertiary/aromatic N) is 3. The molecule has 3 N–H and O–H groups in total. The highest BCUT2D eigenvalue weighted by molar-refractivity contribution is 7.13. The highest BCUT2D eigenvalue weighted by atomic mass is 32.1. The van der Waals surface area contributed by atoms with Crippen molar-refractivity contribution in [3.8, 4) is 16.5 Å². The van der Waals surface area contributed by atoms with E-state index >= 15 is 0 Å². The molecule has 3 aromatic heterocycles. The Morgan fingerprint density at radius 3 is 2.45 bits per heavy atom. The first-order valence-corrected chi connectivity index (χ1v) is 17.0. The number of aliphatic carboxylic acids is 1. The molecule has 6 rings (SSSR count). The monoisotopic (exact) mass is 673 g/mol. The van der Waals surface area contributed by atoms with Crippen LogP contribution in [0.3, 0.4) is 0 Å². The number of hydrogen-bond acceptors (Lipinski definition) is 9. The number of carboxylic acid groups (broad SMARTS) is 1. The summed E-state index contributed by atoms with van der Waals surface area (Å²) in [6, 6.07) is 10.8. The van der Waals surface area contributed by atoms with Crippen LogP contribution in [-0.4, -0.2) is 73.9 Å². The lowest BCUT2D eigenvalue weighted by atomic mass is 9.85. The fourth-order valence-corrected chi connectivity index (χ4v) is 7.26. The molecular weight excluding hydrogens is 639 g/mol. The van der Waals surface area contributed by atoms with E-state index in [-0.39, 0.29) is 25.3 Å². The van der Waals surface area contributed by atoms with Gasteiger partial charge in [-0.3, -0.25) is 14.4 Å². The summed E-state index contributed by atoms with van der Waals surface area (Å²) in [7, 11) is 0. The number of aromatic nitrogens is 2. The van der Waals surface area contributed by atoms with E-state index in [4.69, 9.17) is 14.7 Å². The van der Waals surface area contributed by atoms with Crippen molar-refractivity contribution in [2.45, 2.75) is 57.3 Å². The zero-order valence-electron chi connectivity index (χ0n) is 26.1. The van der Waals surface area contributed by atoms with Gasteiger partial charge in [-0.15, -0.1) is 17.9 Å². The summed E-state index contributed by atoms with van der Waals surface area (Å²) >= 11 is 2.85. The first-order chi connectivity index (χ1) is 22.4. The highest BCUT2D eigenvalue weighted by Gasteiger charge is 2.61. The number of rotatable bonds is 10. The maximum absolute atomic E-state index is 14.4. The summed E-state index contributed by atoms with van der Waals surface area (Å²) in [6.07, 6.45) is 1.10. The number of carbonyl (C=O) groups is 4. The minimum Gasteiger partial charge on any atom is -0.479 e. The van der Waals surface area contributed by atoms with Crippen molar-refractivity contribution in [2.24, 2.45) is 11.3 Å². The number of hydrogen-bond donors (Lipinski definition) is 3. The third-order valence-corrected chi connectivity index (χ3v) is 10.2. The number of ether oxygens (including phenoxy) is 1. The van der Waals surface area contributed by atoms with Gasteiger partial charge in [0.2, 0.25) is 17.7 Å². The molecule has 4 aromatic rings. The normalized spacial score (nSPS) is 22.8. The van der Waals surface area contributed by atoms with Crippen LogP contribution in [-0.2, 0) is 14.4 Å². The van der Waals surface area contributed by atoms with Crippen LogP contribution in [0.1, 0.15) is 44.0 Å². The molecule has 4 heterocycles. The zero-order chi connectivity index (χ0) is 33.5. The van der Waals surface area contributed by atoms with Gasteiger partial charge in [0.1, 0.15) is 29.4 Å². The van der Waals surface area contributed by atoms with Crippen molar-refractivity contribution in [2.75, 3.05) is 6.54 Å². The Kier molecular flexibility index (Phi) is 8.62. The molecular formula is C34H35N5O6S2. The Balaban J connectivity index is 1.33. The average molecular weight is 674 g/mol.